The minimum Gasteiger partial charge on any atom is -0.301 e. The highest BCUT2D eigenvalue weighted by Crippen LogP contribution is 2.38. The van der Waals surface area contributed by atoms with Crippen LogP contribution in [0.5, 0.6) is 0 Å². The van der Waals surface area contributed by atoms with Gasteiger partial charge < -0.3 is 4.79 Å². The average molecular weight is 305 g/mol. The molecule has 0 aliphatic heterocycles. The van der Waals surface area contributed by atoms with E-state index in [1.807, 2.05) is 0 Å². The van der Waals surface area contributed by atoms with Gasteiger partial charge in [0, 0.05) is 4.48 Å². The van der Waals surface area contributed by atoms with Gasteiger partial charge in [0.1, 0.15) is 13.5 Å². The molecule has 0 spiro atoms. The normalized spacial score (nSPS) is 15.2. The SMILES string of the molecule is CC(C)(C)/C(Br)=C\C(=O)[Si](C)(C)C(C)(C)C. The topological polar surface area (TPSA) is 17.1 Å². The van der Waals surface area contributed by atoms with Crippen LogP contribution in [0.3, 0.4) is 0 Å². The standard InChI is InChI=1S/C13H25BrOSi/c1-12(2,3)10(14)9-11(15)16(7,8)13(4,5)6/h9H,1-8H3/b10-9+. The first-order chi connectivity index (χ1) is 6.80. The quantitative estimate of drug-likeness (QED) is 0.522. The van der Waals surface area contributed by atoms with E-state index >= 15 is 0 Å². The van der Waals surface area contributed by atoms with E-state index in [2.05, 4.69) is 70.6 Å². The van der Waals surface area contributed by atoms with Gasteiger partial charge in [-0.3, -0.25) is 0 Å². The predicted octanol–water partition coefficient (Wildman–Crippen LogP) is 4.93. The van der Waals surface area contributed by atoms with Crippen LogP contribution in [0.4, 0.5) is 0 Å². The molecule has 0 bridgehead atoms. The molecule has 0 N–H and O–H groups in total. The van der Waals surface area contributed by atoms with Crippen molar-refractivity contribution in [2.24, 2.45) is 5.41 Å². The van der Waals surface area contributed by atoms with Crippen LogP contribution in [0, 0.1) is 5.41 Å². The Morgan fingerprint density at radius 2 is 1.44 bits per heavy atom. The van der Waals surface area contributed by atoms with E-state index in [-0.39, 0.29) is 10.5 Å². The van der Waals surface area contributed by atoms with E-state index in [0.29, 0.717) is 5.41 Å². The first kappa shape index (κ1) is 16.1. The van der Waals surface area contributed by atoms with E-state index in [1.165, 1.54) is 0 Å². The number of halogens is 1. The Bertz CT molecular complexity index is 303. The molecule has 0 saturated heterocycles. The number of rotatable bonds is 2. The van der Waals surface area contributed by atoms with Crippen LogP contribution < -0.4 is 0 Å². The molecule has 1 nitrogen and oxygen atoms in total. The van der Waals surface area contributed by atoms with Gasteiger partial charge in [-0.25, -0.2) is 0 Å². The van der Waals surface area contributed by atoms with Crippen molar-refractivity contribution in [3.63, 3.8) is 0 Å². The second-order valence-corrected chi connectivity index (χ2v) is 13.1. The van der Waals surface area contributed by atoms with Crippen LogP contribution in [0.25, 0.3) is 0 Å². The molecule has 0 amide bonds. The van der Waals surface area contributed by atoms with Gasteiger partial charge in [0.25, 0.3) is 0 Å². The Hall–Kier alpha value is 0.107. The van der Waals surface area contributed by atoms with E-state index in [1.54, 1.807) is 6.08 Å². The van der Waals surface area contributed by atoms with Crippen molar-refractivity contribution in [1.82, 2.24) is 0 Å². The summed E-state index contributed by atoms with van der Waals surface area (Å²) in [6.45, 7) is 17.1. The lowest BCUT2D eigenvalue weighted by molar-refractivity contribution is -0.108. The number of carbonyl (C=O) groups excluding carboxylic acids is 1. The summed E-state index contributed by atoms with van der Waals surface area (Å²) in [5.41, 5.74) is 0.0119. The third kappa shape index (κ3) is 3.84. The zero-order valence-electron chi connectivity index (χ0n) is 11.9. The minimum absolute atomic E-state index is 0.0119. The molecule has 16 heavy (non-hydrogen) atoms. The van der Waals surface area contributed by atoms with Crippen molar-refractivity contribution in [2.75, 3.05) is 0 Å². The summed E-state index contributed by atoms with van der Waals surface area (Å²) in [6, 6.07) is 0. The van der Waals surface area contributed by atoms with Crippen molar-refractivity contribution in [3.05, 3.63) is 10.6 Å². The van der Waals surface area contributed by atoms with Gasteiger partial charge in [-0.15, -0.1) is 0 Å². The van der Waals surface area contributed by atoms with Crippen LogP contribution in [-0.4, -0.2) is 13.5 Å². The molecule has 0 aromatic rings. The molecule has 0 rings (SSSR count). The Kier molecular flexibility index (Phi) is 4.80. The molecular weight excluding hydrogens is 280 g/mol. The van der Waals surface area contributed by atoms with Gasteiger partial charge in [-0.1, -0.05) is 70.6 Å². The molecule has 0 aromatic carbocycles. The van der Waals surface area contributed by atoms with Crippen LogP contribution >= 0.6 is 15.9 Å². The van der Waals surface area contributed by atoms with Crippen molar-refractivity contribution in [3.8, 4) is 0 Å². The molecular formula is C13H25BrOSi. The lowest BCUT2D eigenvalue weighted by Crippen LogP contribution is -2.45. The molecule has 0 saturated carbocycles. The van der Waals surface area contributed by atoms with E-state index in [4.69, 9.17) is 0 Å². The largest absolute Gasteiger partial charge is 0.301 e. The molecule has 0 unspecified atom stereocenters. The first-order valence-corrected chi connectivity index (χ1v) is 9.51. The summed E-state index contributed by atoms with van der Waals surface area (Å²) >= 11 is 3.52. The maximum atomic E-state index is 12.3. The zero-order chi connectivity index (χ0) is 13.4. The fourth-order valence-corrected chi connectivity index (χ4v) is 2.55. The van der Waals surface area contributed by atoms with Crippen molar-refractivity contribution >= 4 is 29.4 Å². The Morgan fingerprint density at radius 1 is 1.06 bits per heavy atom. The third-order valence-corrected chi connectivity index (χ3v) is 10.0. The van der Waals surface area contributed by atoms with Gasteiger partial charge in [-0.2, -0.15) is 0 Å². The Morgan fingerprint density at radius 3 is 1.69 bits per heavy atom. The third-order valence-electron chi connectivity index (χ3n) is 3.47. The molecule has 0 aliphatic rings. The number of hydrogen-bond acceptors (Lipinski definition) is 1. The minimum atomic E-state index is -1.90. The number of hydrogen-bond donors (Lipinski definition) is 0. The first-order valence-electron chi connectivity index (χ1n) is 5.72. The van der Waals surface area contributed by atoms with Crippen molar-refractivity contribution in [2.45, 2.75) is 59.7 Å². The molecule has 0 aromatic heterocycles. The fraction of sp³-hybridized carbons (Fsp3) is 0.769. The lowest BCUT2D eigenvalue weighted by Gasteiger charge is -2.34. The molecule has 0 heterocycles. The highest BCUT2D eigenvalue weighted by Gasteiger charge is 2.41. The summed E-state index contributed by atoms with van der Waals surface area (Å²) in [5, 5.41) is 0.424. The van der Waals surface area contributed by atoms with E-state index in [9.17, 15) is 4.79 Å². The summed E-state index contributed by atoms with van der Waals surface area (Å²) in [6.07, 6.45) is 1.80. The van der Waals surface area contributed by atoms with Gasteiger partial charge in [0.2, 0.25) is 0 Å². The van der Waals surface area contributed by atoms with Gasteiger partial charge >= 0.3 is 0 Å². The van der Waals surface area contributed by atoms with Crippen molar-refractivity contribution < 1.29 is 4.79 Å². The molecule has 0 radical (unpaired) electrons. The highest BCUT2D eigenvalue weighted by atomic mass is 79.9. The highest BCUT2D eigenvalue weighted by molar-refractivity contribution is 9.11. The zero-order valence-corrected chi connectivity index (χ0v) is 14.4. The predicted molar refractivity (Wildman–Crippen MR) is 78.7 cm³/mol. The number of carbonyl (C=O) groups is 1. The van der Waals surface area contributed by atoms with Crippen LogP contribution in [0.1, 0.15) is 41.5 Å². The molecule has 0 atom stereocenters. The number of allylic oxidation sites excluding steroid dienone is 2. The smallest absolute Gasteiger partial charge is 0.137 e. The Labute approximate surface area is 110 Å². The van der Waals surface area contributed by atoms with E-state index in [0.717, 1.165) is 4.48 Å². The maximum absolute atomic E-state index is 12.3. The average Bonchev–Trinajstić information content (AvgIpc) is 1.99. The monoisotopic (exact) mass is 304 g/mol. The van der Waals surface area contributed by atoms with Crippen LogP contribution in [0.2, 0.25) is 18.1 Å². The second kappa shape index (κ2) is 4.77. The van der Waals surface area contributed by atoms with E-state index < -0.39 is 8.07 Å². The molecule has 94 valence electrons. The fourth-order valence-electron chi connectivity index (χ4n) is 0.882. The second-order valence-electron chi connectivity index (χ2n) is 6.98. The molecule has 0 aliphatic carbocycles. The van der Waals surface area contributed by atoms with Crippen LogP contribution in [0.15, 0.2) is 10.6 Å². The van der Waals surface area contributed by atoms with Gasteiger partial charge in [0.05, 0.1) is 0 Å². The summed E-state index contributed by atoms with van der Waals surface area (Å²) in [7, 11) is -1.90. The van der Waals surface area contributed by atoms with Crippen molar-refractivity contribution in [1.29, 1.82) is 0 Å². The van der Waals surface area contributed by atoms with Gasteiger partial charge in [-0.05, 0) is 16.5 Å². The Balaban J connectivity index is 5.13. The summed E-state index contributed by atoms with van der Waals surface area (Å²) in [5.74, 6) is 0. The lowest BCUT2D eigenvalue weighted by atomic mass is 9.96. The molecule has 0 fully saturated rings. The maximum Gasteiger partial charge on any atom is 0.137 e. The van der Waals surface area contributed by atoms with Gasteiger partial charge in [0.15, 0.2) is 0 Å². The summed E-state index contributed by atoms with van der Waals surface area (Å²) < 4.78 is 0.995. The van der Waals surface area contributed by atoms with Crippen LogP contribution in [-0.2, 0) is 4.79 Å². The molecule has 3 heteroatoms. The summed E-state index contributed by atoms with van der Waals surface area (Å²) in [4.78, 5) is 12.3.